The van der Waals surface area contributed by atoms with Gasteiger partial charge in [-0.05, 0) is 18.3 Å². The summed E-state index contributed by atoms with van der Waals surface area (Å²) in [6.07, 6.45) is 0.887. The zero-order valence-corrected chi connectivity index (χ0v) is 9.88. The standard InChI is InChI=1S/C9H17IO/c1-6-7(2)11-8(5-10)9(6,3)4/h6-8H,5H2,1-4H3/t6-,7+,8+/m0/s1. The van der Waals surface area contributed by atoms with E-state index in [0.29, 0.717) is 23.5 Å². The first kappa shape index (κ1) is 9.78. The van der Waals surface area contributed by atoms with Crippen molar-refractivity contribution in [1.29, 1.82) is 0 Å². The zero-order valence-electron chi connectivity index (χ0n) is 7.73. The molecule has 0 aromatic rings. The molecule has 66 valence electrons. The highest BCUT2D eigenvalue weighted by atomic mass is 127. The fourth-order valence-electron chi connectivity index (χ4n) is 1.69. The molecule has 1 nitrogen and oxygen atoms in total. The molecule has 3 atom stereocenters. The molecule has 1 aliphatic heterocycles. The lowest BCUT2D eigenvalue weighted by Crippen LogP contribution is -2.30. The molecule has 1 aliphatic rings. The maximum absolute atomic E-state index is 5.83. The van der Waals surface area contributed by atoms with E-state index in [1.54, 1.807) is 0 Å². The van der Waals surface area contributed by atoms with Crippen LogP contribution in [0.25, 0.3) is 0 Å². The highest BCUT2D eigenvalue weighted by Gasteiger charge is 2.45. The van der Waals surface area contributed by atoms with Gasteiger partial charge < -0.3 is 4.74 Å². The monoisotopic (exact) mass is 268 g/mol. The van der Waals surface area contributed by atoms with Gasteiger partial charge >= 0.3 is 0 Å². The molecule has 0 aliphatic carbocycles. The van der Waals surface area contributed by atoms with Crippen LogP contribution in [0.5, 0.6) is 0 Å². The number of alkyl halides is 1. The molecule has 1 rings (SSSR count). The van der Waals surface area contributed by atoms with Crippen LogP contribution in [0.15, 0.2) is 0 Å². The van der Waals surface area contributed by atoms with Crippen LogP contribution in [-0.4, -0.2) is 16.6 Å². The summed E-state index contributed by atoms with van der Waals surface area (Å²) < 4.78 is 6.94. The second-order valence-electron chi connectivity index (χ2n) is 4.09. The van der Waals surface area contributed by atoms with Crippen LogP contribution in [0, 0.1) is 11.3 Å². The van der Waals surface area contributed by atoms with Gasteiger partial charge in [0.15, 0.2) is 0 Å². The topological polar surface area (TPSA) is 9.23 Å². The Labute approximate surface area is 83.0 Å². The summed E-state index contributed by atoms with van der Waals surface area (Å²) in [5.74, 6) is 0.683. The first-order valence-corrected chi connectivity index (χ1v) is 5.74. The number of halogens is 1. The Kier molecular flexibility index (Phi) is 2.85. The summed E-state index contributed by atoms with van der Waals surface area (Å²) in [5, 5.41) is 0. The SMILES string of the molecule is C[C@H]1O[C@H](CI)C(C)(C)[C@H]1C. The number of hydrogen-bond donors (Lipinski definition) is 0. The van der Waals surface area contributed by atoms with E-state index in [1.807, 2.05) is 0 Å². The van der Waals surface area contributed by atoms with Crippen molar-refractivity contribution in [2.24, 2.45) is 11.3 Å². The average Bonchev–Trinajstić information content (AvgIpc) is 2.13. The third-order valence-electron chi connectivity index (χ3n) is 3.23. The van der Waals surface area contributed by atoms with Crippen molar-refractivity contribution in [2.75, 3.05) is 4.43 Å². The number of rotatable bonds is 1. The van der Waals surface area contributed by atoms with E-state index in [-0.39, 0.29) is 0 Å². The molecule has 1 fully saturated rings. The highest BCUT2D eigenvalue weighted by Crippen LogP contribution is 2.43. The molecule has 0 spiro atoms. The molecule has 0 unspecified atom stereocenters. The van der Waals surface area contributed by atoms with Crippen LogP contribution in [0.2, 0.25) is 0 Å². The van der Waals surface area contributed by atoms with Crippen LogP contribution in [-0.2, 0) is 4.74 Å². The van der Waals surface area contributed by atoms with Gasteiger partial charge in [0.25, 0.3) is 0 Å². The molecule has 0 bridgehead atoms. The molecule has 0 saturated carbocycles. The molecule has 1 heterocycles. The van der Waals surface area contributed by atoms with Gasteiger partial charge in [-0.3, -0.25) is 0 Å². The fourth-order valence-corrected chi connectivity index (χ4v) is 3.03. The number of hydrogen-bond acceptors (Lipinski definition) is 1. The molecule has 0 N–H and O–H groups in total. The highest BCUT2D eigenvalue weighted by molar-refractivity contribution is 14.1. The van der Waals surface area contributed by atoms with E-state index in [1.165, 1.54) is 0 Å². The Morgan fingerprint density at radius 1 is 1.36 bits per heavy atom. The maximum atomic E-state index is 5.83. The van der Waals surface area contributed by atoms with E-state index in [0.717, 1.165) is 4.43 Å². The summed E-state index contributed by atoms with van der Waals surface area (Å²) in [6, 6.07) is 0. The average molecular weight is 268 g/mol. The summed E-state index contributed by atoms with van der Waals surface area (Å²) in [6.45, 7) is 9.09. The molecule has 1 saturated heterocycles. The minimum absolute atomic E-state index is 0.362. The van der Waals surface area contributed by atoms with Crippen LogP contribution < -0.4 is 0 Å². The van der Waals surface area contributed by atoms with E-state index in [4.69, 9.17) is 4.74 Å². The Hall–Kier alpha value is 0.690. The third-order valence-corrected chi connectivity index (χ3v) is 4.03. The molecular weight excluding hydrogens is 251 g/mol. The smallest absolute Gasteiger partial charge is 0.0722 e. The predicted octanol–water partition coefficient (Wildman–Crippen LogP) is 2.87. The summed E-state index contributed by atoms with van der Waals surface area (Å²) in [4.78, 5) is 0. The van der Waals surface area contributed by atoms with Crippen molar-refractivity contribution in [3.8, 4) is 0 Å². The number of ether oxygens (including phenoxy) is 1. The van der Waals surface area contributed by atoms with Crippen LogP contribution in [0.1, 0.15) is 27.7 Å². The molecule has 2 heteroatoms. The third kappa shape index (κ3) is 1.57. The largest absolute Gasteiger partial charge is 0.374 e. The van der Waals surface area contributed by atoms with Crippen LogP contribution in [0.4, 0.5) is 0 Å². The van der Waals surface area contributed by atoms with Crippen molar-refractivity contribution in [3.05, 3.63) is 0 Å². The molecule has 11 heavy (non-hydrogen) atoms. The first-order chi connectivity index (χ1) is 5.00. The van der Waals surface area contributed by atoms with Crippen molar-refractivity contribution >= 4 is 22.6 Å². The minimum Gasteiger partial charge on any atom is -0.374 e. The van der Waals surface area contributed by atoms with Gasteiger partial charge in [0.05, 0.1) is 12.2 Å². The van der Waals surface area contributed by atoms with Crippen molar-refractivity contribution < 1.29 is 4.74 Å². The lowest BCUT2D eigenvalue weighted by Gasteiger charge is -2.27. The van der Waals surface area contributed by atoms with Gasteiger partial charge in [-0.2, -0.15) is 0 Å². The first-order valence-electron chi connectivity index (χ1n) is 4.21. The summed E-state index contributed by atoms with van der Waals surface area (Å²) in [5.41, 5.74) is 0.362. The fraction of sp³-hybridized carbons (Fsp3) is 1.00. The van der Waals surface area contributed by atoms with E-state index in [9.17, 15) is 0 Å². The van der Waals surface area contributed by atoms with E-state index in [2.05, 4.69) is 50.3 Å². The lowest BCUT2D eigenvalue weighted by atomic mass is 9.76. The Bertz CT molecular complexity index is 144. The van der Waals surface area contributed by atoms with Gasteiger partial charge in [0, 0.05) is 4.43 Å². The van der Waals surface area contributed by atoms with E-state index < -0.39 is 0 Å². The zero-order chi connectivity index (χ0) is 8.65. The van der Waals surface area contributed by atoms with E-state index >= 15 is 0 Å². The van der Waals surface area contributed by atoms with Crippen molar-refractivity contribution in [2.45, 2.75) is 39.9 Å². The predicted molar refractivity (Wildman–Crippen MR) is 56.2 cm³/mol. The van der Waals surface area contributed by atoms with Crippen LogP contribution >= 0.6 is 22.6 Å². The Morgan fingerprint density at radius 2 is 1.91 bits per heavy atom. The summed E-state index contributed by atoms with van der Waals surface area (Å²) >= 11 is 2.41. The van der Waals surface area contributed by atoms with Gasteiger partial charge in [0.2, 0.25) is 0 Å². The Balaban J connectivity index is 2.74. The molecule has 0 radical (unpaired) electrons. The van der Waals surface area contributed by atoms with Crippen molar-refractivity contribution in [3.63, 3.8) is 0 Å². The second kappa shape index (κ2) is 3.21. The van der Waals surface area contributed by atoms with Gasteiger partial charge in [-0.1, -0.05) is 43.4 Å². The summed E-state index contributed by atoms with van der Waals surface area (Å²) in [7, 11) is 0. The second-order valence-corrected chi connectivity index (χ2v) is 4.97. The lowest BCUT2D eigenvalue weighted by molar-refractivity contribution is 0.0446. The molecule has 0 aromatic carbocycles. The van der Waals surface area contributed by atoms with Gasteiger partial charge in [-0.25, -0.2) is 0 Å². The Morgan fingerprint density at radius 3 is 2.09 bits per heavy atom. The maximum Gasteiger partial charge on any atom is 0.0722 e. The van der Waals surface area contributed by atoms with Crippen LogP contribution in [0.3, 0.4) is 0 Å². The normalized spacial score (nSPS) is 42.8. The molecular formula is C9H17IO. The molecule has 0 amide bonds. The van der Waals surface area contributed by atoms with Crippen molar-refractivity contribution in [1.82, 2.24) is 0 Å². The molecule has 0 aromatic heterocycles. The quantitative estimate of drug-likeness (QED) is 0.525. The van der Waals surface area contributed by atoms with Gasteiger partial charge in [-0.15, -0.1) is 0 Å². The van der Waals surface area contributed by atoms with Gasteiger partial charge in [0.1, 0.15) is 0 Å². The minimum atomic E-state index is 0.362.